The van der Waals surface area contributed by atoms with Gasteiger partial charge in [-0.3, -0.25) is 4.79 Å². The lowest BCUT2D eigenvalue weighted by Crippen LogP contribution is -2.42. The van der Waals surface area contributed by atoms with Crippen molar-refractivity contribution in [1.82, 2.24) is 10.2 Å². The third-order valence-corrected chi connectivity index (χ3v) is 3.36. The summed E-state index contributed by atoms with van der Waals surface area (Å²) in [6, 6.07) is 3.06. The predicted molar refractivity (Wildman–Crippen MR) is 76.2 cm³/mol. The van der Waals surface area contributed by atoms with E-state index in [0.29, 0.717) is 13.1 Å². The van der Waals surface area contributed by atoms with Crippen LogP contribution < -0.4 is 5.32 Å². The van der Waals surface area contributed by atoms with Crippen LogP contribution in [0.2, 0.25) is 0 Å². The number of rotatable bonds is 4. The molecule has 6 heteroatoms. The topological polar surface area (TPSA) is 32.3 Å². The molecule has 3 nitrogen and oxygen atoms in total. The number of nitrogens with zero attached hydrogens (tertiary/aromatic N) is 1. The highest BCUT2D eigenvalue weighted by Crippen LogP contribution is 2.17. The summed E-state index contributed by atoms with van der Waals surface area (Å²) in [5, 5.41) is 3.18. The fourth-order valence-corrected chi connectivity index (χ4v) is 2.41. The van der Waals surface area contributed by atoms with Gasteiger partial charge in [0.15, 0.2) is 0 Å². The van der Waals surface area contributed by atoms with Gasteiger partial charge in [-0.1, -0.05) is 6.92 Å². The maximum atomic E-state index is 13.7. The Morgan fingerprint density at radius 1 is 1.45 bits per heavy atom. The maximum absolute atomic E-state index is 13.7. The van der Waals surface area contributed by atoms with E-state index in [1.165, 1.54) is 0 Å². The smallest absolute Gasteiger partial charge is 0.257 e. The highest BCUT2D eigenvalue weighted by molar-refractivity contribution is 5.94. The second kappa shape index (κ2) is 7.55. The molecule has 1 atom stereocenters. The molecule has 0 saturated carbocycles. The van der Waals surface area contributed by atoms with E-state index < -0.39 is 17.5 Å². The van der Waals surface area contributed by atoms with Gasteiger partial charge in [-0.15, -0.1) is 12.4 Å². The first kappa shape index (κ1) is 16.9. The summed E-state index contributed by atoms with van der Waals surface area (Å²) < 4.78 is 26.9. The summed E-state index contributed by atoms with van der Waals surface area (Å²) in [5.41, 5.74) is -0.180. The van der Waals surface area contributed by atoms with Crippen molar-refractivity contribution in [2.45, 2.75) is 25.8 Å². The Balaban J connectivity index is 0.00000200. The van der Waals surface area contributed by atoms with Gasteiger partial charge in [0.05, 0.1) is 5.56 Å². The normalized spacial score (nSPS) is 17.6. The Bertz CT molecular complexity index is 464. The van der Waals surface area contributed by atoms with Crippen LogP contribution in [0.4, 0.5) is 8.78 Å². The van der Waals surface area contributed by atoms with Crippen LogP contribution in [0, 0.1) is 11.6 Å². The zero-order chi connectivity index (χ0) is 13.8. The molecule has 1 heterocycles. The van der Waals surface area contributed by atoms with E-state index in [1.807, 2.05) is 6.92 Å². The van der Waals surface area contributed by atoms with Crippen molar-refractivity contribution in [2.75, 3.05) is 19.6 Å². The van der Waals surface area contributed by atoms with E-state index in [1.54, 1.807) is 4.90 Å². The zero-order valence-electron chi connectivity index (χ0n) is 11.4. The maximum Gasteiger partial charge on any atom is 0.257 e. The third-order valence-electron chi connectivity index (χ3n) is 3.36. The van der Waals surface area contributed by atoms with Gasteiger partial charge in [-0.2, -0.15) is 0 Å². The SMILES string of the molecule is CCCN(C(=O)c1cc(F)ccc1F)C1CCNC1.Cl. The number of hydrogen-bond donors (Lipinski definition) is 1. The molecule has 1 amide bonds. The van der Waals surface area contributed by atoms with Crippen LogP contribution >= 0.6 is 12.4 Å². The van der Waals surface area contributed by atoms with E-state index in [2.05, 4.69) is 5.32 Å². The van der Waals surface area contributed by atoms with Gasteiger partial charge < -0.3 is 10.2 Å². The average molecular weight is 305 g/mol. The second-order valence-corrected chi connectivity index (χ2v) is 4.77. The van der Waals surface area contributed by atoms with E-state index in [-0.39, 0.29) is 24.0 Å². The number of carbonyl (C=O) groups excluding carboxylic acids is 1. The molecule has 0 spiro atoms. The van der Waals surface area contributed by atoms with Gasteiger partial charge in [-0.25, -0.2) is 8.78 Å². The number of carbonyl (C=O) groups is 1. The number of halogens is 3. The van der Waals surface area contributed by atoms with Crippen LogP contribution in [0.5, 0.6) is 0 Å². The summed E-state index contributed by atoms with van der Waals surface area (Å²) in [5.74, 6) is -1.68. The van der Waals surface area contributed by atoms with E-state index in [0.717, 1.165) is 37.6 Å². The predicted octanol–water partition coefficient (Wildman–Crippen LogP) is 2.60. The van der Waals surface area contributed by atoms with Crippen molar-refractivity contribution in [3.63, 3.8) is 0 Å². The summed E-state index contributed by atoms with van der Waals surface area (Å²) in [6.07, 6.45) is 1.64. The Morgan fingerprint density at radius 2 is 2.20 bits per heavy atom. The van der Waals surface area contributed by atoms with E-state index >= 15 is 0 Å². The zero-order valence-corrected chi connectivity index (χ0v) is 12.2. The molecule has 1 aliphatic rings. The fourth-order valence-electron chi connectivity index (χ4n) is 2.41. The van der Waals surface area contributed by atoms with E-state index in [9.17, 15) is 13.6 Å². The fraction of sp³-hybridized carbons (Fsp3) is 0.500. The molecule has 20 heavy (non-hydrogen) atoms. The number of nitrogens with one attached hydrogen (secondary N) is 1. The second-order valence-electron chi connectivity index (χ2n) is 4.77. The van der Waals surface area contributed by atoms with Crippen LogP contribution in [0.25, 0.3) is 0 Å². The number of benzene rings is 1. The summed E-state index contributed by atoms with van der Waals surface area (Å²) in [6.45, 7) is 4.08. The molecule has 1 unspecified atom stereocenters. The van der Waals surface area contributed by atoms with Gasteiger partial charge in [0, 0.05) is 19.1 Å². The lowest BCUT2D eigenvalue weighted by atomic mass is 10.1. The molecule has 1 aromatic carbocycles. The molecule has 1 N–H and O–H groups in total. The van der Waals surface area contributed by atoms with Crippen LogP contribution in [0.1, 0.15) is 30.1 Å². The van der Waals surface area contributed by atoms with Crippen LogP contribution in [0.3, 0.4) is 0 Å². The van der Waals surface area contributed by atoms with Crippen molar-refractivity contribution in [3.8, 4) is 0 Å². The molecular formula is C14H19ClF2N2O. The van der Waals surface area contributed by atoms with Crippen molar-refractivity contribution < 1.29 is 13.6 Å². The minimum Gasteiger partial charge on any atom is -0.334 e. The van der Waals surface area contributed by atoms with Gasteiger partial charge in [0.2, 0.25) is 0 Å². The van der Waals surface area contributed by atoms with E-state index in [4.69, 9.17) is 0 Å². The monoisotopic (exact) mass is 304 g/mol. The largest absolute Gasteiger partial charge is 0.334 e. The van der Waals surface area contributed by atoms with Gasteiger partial charge >= 0.3 is 0 Å². The Kier molecular flexibility index (Phi) is 6.36. The molecule has 0 radical (unpaired) electrons. The summed E-state index contributed by atoms with van der Waals surface area (Å²) in [4.78, 5) is 14.0. The molecule has 0 aromatic heterocycles. The molecule has 0 bridgehead atoms. The molecular weight excluding hydrogens is 286 g/mol. The molecule has 1 saturated heterocycles. The standard InChI is InChI=1S/C14H18F2N2O.ClH/c1-2-7-18(11-5-6-17-9-11)14(19)12-8-10(15)3-4-13(12)16;/h3-4,8,11,17H,2,5-7,9H2,1H3;1H. The summed E-state index contributed by atoms with van der Waals surface area (Å²) >= 11 is 0. The minimum atomic E-state index is -0.668. The molecule has 0 aliphatic carbocycles. The molecule has 112 valence electrons. The quantitative estimate of drug-likeness (QED) is 0.927. The highest BCUT2D eigenvalue weighted by atomic mass is 35.5. The van der Waals surface area contributed by atoms with Crippen LogP contribution in [0.15, 0.2) is 18.2 Å². The first-order chi connectivity index (χ1) is 9.13. The van der Waals surface area contributed by atoms with Gasteiger partial charge in [0.1, 0.15) is 11.6 Å². The van der Waals surface area contributed by atoms with Crippen molar-refractivity contribution in [3.05, 3.63) is 35.4 Å². The summed E-state index contributed by atoms with van der Waals surface area (Å²) in [7, 11) is 0. The average Bonchev–Trinajstić information content (AvgIpc) is 2.92. The number of hydrogen-bond acceptors (Lipinski definition) is 2. The van der Waals surface area contributed by atoms with Crippen molar-refractivity contribution >= 4 is 18.3 Å². The van der Waals surface area contributed by atoms with Crippen molar-refractivity contribution in [2.24, 2.45) is 0 Å². The minimum absolute atomic E-state index is 0. The third kappa shape index (κ3) is 3.67. The molecule has 1 fully saturated rings. The van der Waals surface area contributed by atoms with Crippen molar-refractivity contribution in [1.29, 1.82) is 0 Å². The first-order valence-corrected chi connectivity index (χ1v) is 6.60. The first-order valence-electron chi connectivity index (χ1n) is 6.60. The molecule has 1 aliphatic heterocycles. The Labute approximate surface area is 123 Å². The lowest BCUT2D eigenvalue weighted by Gasteiger charge is -2.28. The lowest BCUT2D eigenvalue weighted by molar-refractivity contribution is 0.0687. The number of amides is 1. The Hall–Kier alpha value is -1.20. The Morgan fingerprint density at radius 3 is 2.80 bits per heavy atom. The van der Waals surface area contributed by atoms with Gasteiger partial charge in [0.25, 0.3) is 5.91 Å². The molecule has 1 aromatic rings. The molecule has 2 rings (SSSR count). The van der Waals surface area contributed by atoms with Gasteiger partial charge in [-0.05, 0) is 37.6 Å². The highest BCUT2D eigenvalue weighted by Gasteiger charge is 2.28. The van der Waals surface area contributed by atoms with Crippen LogP contribution in [-0.2, 0) is 0 Å². The van der Waals surface area contributed by atoms with Crippen LogP contribution in [-0.4, -0.2) is 36.5 Å².